The van der Waals surface area contributed by atoms with Gasteiger partial charge in [0.25, 0.3) is 0 Å². The van der Waals surface area contributed by atoms with E-state index < -0.39 is 23.7 Å². The first-order valence-corrected chi connectivity index (χ1v) is 13.7. The largest absolute Gasteiger partial charge is 0.497 e. The number of aromatic nitrogens is 1. The van der Waals surface area contributed by atoms with Crippen molar-refractivity contribution in [1.82, 2.24) is 4.98 Å². The van der Waals surface area contributed by atoms with Gasteiger partial charge < -0.3 is 28.8 Å². The van der Waals surface area contributed by atoms with E-state index in [2.05, 4.69) is 11.9 Å². The number of aliphatic carboxylic acids is 1. The van der Waals surface area contributed by atoms with Crippen molar-refractivity contribution in [3.05, 3.63) is 107 Å². The van der Waals surface area contributed by atoms with Gasteiger partial charge in [-0.15, -0.1) is 0 Å². The first kappa shape index (κ1) is 26.5. The predicted molar refractivity (Wildman–Crippen MR) is 151 cm³/mol. The Bertz CT molecular complexity index is 1550. The minimum atomic E-state index is -0.902. The molecule has 8 nitrogen and oxygen atoms in total. The molecule has 0 radical (unpaired) electrons. The summed E-state index contributed by atoms with van der Waals surface area (Å²) in [6, 6.07) is 20.9. The second-order valence-corrected chi connectivity index (χ2v) is 10.1. The molecule has 1 aliphatic carbocycles. The van der Waals surface area contributed by atoms with Gasteiger partial charge >= 0.3 is 5.97 Å². The third kappa shape index (κ3) is 5.13. The maximum Gasteiger partial charge on any atom is 0.308 e. The zero-order valence-electron chi connectivity index (χ0n) is 22.9. The molecule has 2 heterocycles. The Kier molecular flexibility index (Phi) is 7.37. The number of fused-ring (bicyclic) bond motifs is 2. The quantitative estimate of drug-likeness (QED) is 0.249. The Morgan fingerprint density at radius 2 is 1.66 bits per heavy atom. The number of carboxylic acid groups (broad SMARTS) is 1. The smallest absolute Gasteiger partial charge is 0.308 e. The summed E-state index contributed by atoms with van der Waals surface area (Å²) in [7, 11) is 1.60. The fourth-order valence-corrected chi connectivity index (χ4v) is 5.80. The molecule has 0 spiro atoms. The van der Waals surface area contributed by atoms with Gasteiger partial charge in [0.2, 0.25) is 6.79 Å². The highest BCUT2D eigenvalue weighted by Gasteiger charge is 2.48. The molecular weight excluding hydrogens is 522 g/mol. The maximum atomic E-state index is 13.2. The van der Waals surface area contributed by atoms with E-state index in [0.717, 1.165) is 34.2 Å². The molecule has 1 aliphatic heterocycles. The van der Waals surface area contributed by atoms with Gasteiger partial charge in [-0.25, -0.2) is 0 Å². The van der Waals surface area contributed by atoms with Gasteiger partial charge in [-0.2, -0.15) is 0 Å². The second kappa shape index (κ2) is 11.4. The molecule has 1 aromatic heterocycles. The molecule has 3 aromatic carbocycles. The van der Waals surface area contributed by atoms with Gasteiger partial charge in [-0.1, -0.05) is 25.1 Å². The van der Waals surface area contributed by atoms with Crippen molar-refractivity contribution in [3.8, 4) is 28.7 Å². The van der Waals surface area contributed by atoms with Crippen LogP contribution >= 0.6 is 0 Å². The number of carbonyl (C=O) groups is 1. The third-order valence-corrected chi connectivity index (χ3v) is 7.66. The molecule has 6 rings (SSSR count). The van der Waals surface area contributed by atoms with E-state index in [1.807, 2.05) is 66.7 Å². The van der Waals surface area contributed by atoms with E-state index in [-0.39, 0.29) is 6.79 Å². The van der Waals surface area contributed by atoms with Gasteiger partial charge in [0.05, 0.1) is 19.6 Å². The SMILES string of the molecule is CCCOc1ccc2c(c1)C(c1ccc(OC)cc1OCc1ccncc1)C(C(=O)O)C2c1ccc2c(c1)OCO2. The average molecular weight is 554 g/mol. The molecule has 1 N–H and O–H groups in total. The number of hydrogen-bond donors (Lipinski definition) is 1. The van der Waals surface area contributed by atoms with Crippen LogP contribution in [0.1, 0.15) is 53.0 Å². The number of hydrogen-bond acceptors (Lipinski definition) is 7. The average Bonchev–Trinajstić information content (AvgIpc) is 3.61. The summed E-state index contributed by atoms with van der Waals surface area (Å²) >= 11 is 0. The molecule has 0 bridgehead atoms. The number of ether oxygens (including phenoxy) is 5. The van der Waals surface area contributed by atoms with E-state index >= 15 is 0 Å². The van der Waals surface area contributed by atoms with Gasteiger partial charge in [0.15, 0.2) is 11.5 Å². The summed E-state index contributed by atoms with van der Waals surface area (Å²) in [4.78, 5) is 17.3. The fourth-order valence-electron chi connectivity index (χ4n) is 5.80. The standard InChI is InChI=1S/C33H31NO7/c1-3-14-38-23-6-7-24-26(16-23)31(32(33(35)36)30(24)21-4-9-27-29(15-21)41-19-40-27)25-8-5-22(37-2)17-28(25)39-18-20-10-12-34-13-11-20/h4-13,15-17,30-32H,3,14,18-19H2,1-2H3,(H,35,36). The summed E-state index contributed by atoms with van der Waals surface area (Å²) < 4.78 is 29.0. The minimum Gasteiger partial charge on any atom is -0.497 e. The molecule has 3 atom stereocenters. The summed E-state index contributed by atoms with van der Waals surface area (Å²) in [5.41, 5.74) is 4.39. The normalized spacial score (nSPS) is 18.5. The molecule has 0 saturated carbocycles. The fraction of sp³-hybridized carbons (Fsp3) is 0.273. The van der Waals surface area contributed by atoms with Crippen LogP contribution in [-0.4, -0.2) is 36.6 Å². The van der Waals surface area contributed by atoms with E-state index in [0.29, 0.717) is 42.0 Å². The molecule has 41 heavy (non-hydrogen) atoms. The van der Waals surface area contributed by atoms with Gasteiger partial charge in [0, 0.05) is 35.9 Å². The van der Waals surface area contributed by atoms with Crippen LogP contribution in [0.5, 0.6) is 28.7 Å². The van der Waals surface area contributed by atoms with Crippen molar-refractivity contribution < 1.29 is 33.6 Å². The second-order valence-electron chi connectivity index (χ2n) is 10.1. The number of benzene rings is 3. The predicted octanol–water partition coefficient (Wildman–Crippen LogP) is 6.16. The van der Waals surface area contributed by atoms with Crippen molar-refractivity contribution in [2.24, 2.45) is 5.92 Å². The Labute approximate surface area is 238 Å². The molecule has 0 amide bonds. The zero-order chi connectivity index (χ0) is 28.3. The van der Waals surface area contributed by atoms with Crippen LogP contribution in [0.2, 0.25) is 0 Å². The monoisotopic (exact) mass is 553 g/mol. The highest BCUT2D eigenvalue weighted by molar-refractivity contribution is 5.78. The number of methoxy groups -OCH3 is 1. The van der Waals surface area contributed by atoms with Crippen LogP contribution in [0.15, 0.2) is 79.1 Å². The summed E-state index contributed by atoms with van der Waals surface area (Å²) in [5.74, 6) is 0.499. The van der Waals surface area contributed by atoms with E-state index in [4.69, 9.17) is 23.7 Å². The van der Waals surface area contributed by atoms with Crippen LogP contribution in [0.25, 0.3) is 0 Å². The molecule has 3 unspecified atom stereocenters. The molecule has 0 saturated heterocycles. The number of rotatable bonds is 10. The lowest BCUT2D eigenvalue weighted by molar-refractivity contribution is -0.142. The van der Waals surface area contributed by atoms with Crippen molar-refractivity contribution >= 4 is 5.97 Å². The highest BCUT2D eigenvalue weighted by atomic mass is 16.7. The first-order valence-electron chi connectivity index (χ1n) is 13.7. The molecule has 8 heteroatoms. The lowest BCUT2D eigenvalue weighted by atomic mass is 9.79. The number of nitrogens with zero attached hydrogens (tertiary/aromatic N) is 1. The van der Waals surface area contributed by atoms with Crippen molar-refractivity contribution in [2.75, 3.05) is 20.5 Å². The maximum absolute atomic E-state index is 13.2. The van der Waals surface area contributed by atoms with Gasteiger partial charge in [-0.05, 0) is 71.1 Å². The van der Waals surface area contributed by atoms with Crippen molar-refractivity contribution in [1.29, 1.82) is 0 Å². The van der Waals surface area contributed by atoms with Crippen LogP contribution in [0.4, 0.5) is 0 Å². The van der Waals surface area contributed by atoms with Gasteiger partial charge in [-0.3, -0.25) is 9.78 Å². The minimum absolute atomic E-state index is 0.146. The van der Waals surface area contributed by atoms with Crippen molar-refractivity contribution in [2.45, 2.75) is 31.8 Å². The third-order valence-electron chi connectivity index (χ3n) is 7.66. The lowest BCUT2D eigenvalue weighted by Crippen LogP contribution is -2.24. The topological polar surface area (TPSA) is 96.3 Å². The Balaban J connectivity index is 1.49. The number of pyridine rings is 1. The van der Waals surface area contributed by atoms with E-state index in [9.17, 15) is 9.90 Å². The van der Waals surface area contributed by atoms with Gasteiger partial charge in [0.1, 0.15) is 23.9 Å². The van der Waals surface area contributed by atoms with Crippen LogP contribution in [-0.2, 0) is 11.4 Å². The molecule has 4 aromatic rings. The Hall–Kier alpha value is -4.72. The Morgan fingerprint density at radius 1 is 0.878 bits per heavy atom. The van der Waals surface area contributed by atoms with E-state index in [1.165, 1.54) is 0 Å². The number of carboxylic acids is 1. The molecule has 0 fully saturated rings. The lowest BCUT2D eigenvalue weighted by Gasteiger charge is -2.25. The van der Waals surface area contributed by atoms with Crippen LogP contribution < -0.4 is 23.7 Å². The van der Waals surface area contributed by atoms with Crippen LogP contribution in [0, 0.1) is 5.92 Å². The summed E-state index contributed by atoms with van der Waals surface area (Å²) in [5, 5.41) is 10.8. The van der Waals surface area contributed by atoms with Crippen molar-refractivity contribution in [3.63, 3.8) is 0 Å². The van der Waals surface area contributed by atoms with Crippen LogP contribution in [0.3, 0.4) is 0 Å². The summed E-state index contributed by atoms with van der Waals surface area (Å²) in [6.07, 6.45) is 4.29. The Morgan fingerprint density at radius 3 is 2.44 bits per heavy atom. The molecular formula is C33H31NO7. The molecule has 210 valence electrons. The molecule has 2 aliphatic rings. The highest BCUT2D eigenvalue weighted by Crippen LogP contribution is 2.56. The zero-order valence-corrected chi connectivity index (χ0v) is 22.9. The summed E-state index contributed by atoms with van der Waals surface area (Å²) in [6.45, 7) is 3.06. The van der Waals surface area contributed by atoms with E-state index in [1.54, 1.807) is 19.5 Å². The first-order chi connectivity index (χ1) is 20.1.